The van der Waals surface area contributed by atoms with Crippen LogP contribution in [0.3, 0.4) is 0 Å². The van der Waals surface area contributed by atoms with E-state index in [0.29, 0.717) is 41.3 Å². The molecule has 3 aromatic rings. The fourth-order valence-corrected chi connectivity index (χ4v) is 3.45. The highest BCUT2D eigenvalue weighted by atomic mass is 16.2. The van der Waals surface area contributed by atoms with Gasteiger partial charge >= 0.3 is 6.03 Å². The number of H-pyrrole nitrogens is 1. The lowest BCUT2D eigenvalue weighted by atomic mass is 10.2. The first-order valence-corrected chi connectivity index (χ1v) is 9.02. The molecule has 1 N–H and O–H groups in total. The van der Waals surface area contributed by atoms with Gasteiger partial charge in [0.2, 0.25) is 5.69 Å². The molecule has 134 valence electrons. The number of carbonyl (C=O) groups excluding carboxylic acids is 1. The van der Waals surface area contributed by atoms with Gasteiger partial charge in [0, 0.05) is 17.8 Å². The number of hydrogen-bond donors (Lipinski definition) is 1. The largest absolute Gasteiger partial charge is 0.504 e. The molecule has 1 saturated carbocycles. The van der Waals surface area contributed by atoms with Gasteiger partial charge in [-0.1, -0.05) is 30.3 Å². The Labute approximate surface area is 156 Å². The smallest absolute Gasteiger partial charge is 0.339 e. The van der Waals surface area contributed by atoms with E-state index in [1.54, 1.807) is 4.90 Å². The summed E-state index contributed by atoms with van der Waals surface area (Å²) >= 11 is 0. The standard InChI is InChI=1S/C20H19N6O/c1-12-16-19(24-18(22-12)17-21-10-15(23-17)14-8-9-14)26(20(27)25(16)2)11-13-6-4-3-5-7-13/h3-7,10,14H,2,8-9,11H2,1H3,(H,21,23)/q+1. The second-order valence-electron chi connectivity index (χ2n) is 7.05. The van der Waals surface area contributed by atoms with Crippen molar-refractivity contribution in [3.63, 3.8) is 0 Å². The number of amides is 2. The molecule has 3 heterocycles. The van der Waals surface area contributed by atoms with Crippen LogP contribution in [0.5, 0.6) is 0 Å². The molecule has 1 aliphatic heterocycles. The van der Waals surface area contributed by atoms with E-state index in [1.165, 1.54) is 17.4 Å². The van der Waals surface area contributed by atoms with Crippen LogP contribution in [0.2, 0.25) is 0 Å². The first-order valence-electron chi connectivity index (χ1n) is 9.02. The van der Waals surface area contributed by atoms with Crippen LogP contribution in [0.4, 0.5) is 16.3 Å². The molecule has 0 radical (unpaired) electrons. The second-order valence-corrected chi connectivity index (χ2v) is 7.05. The first kappa shape index (κ1) is 15.9. The number of carbonyl (C=O) groups is 1. The van der Waals surface area contributed by atoms with E-state index in [0.717, 1.165) is 11.3 Å². The van der Waals surface area contributed by atoms with Gasteiger partial charge in [-0.05, 0) is 25.3 Å². The van der Waals surface area contributed by atoms with Gasteiger partial charge in [0.1, 0.15) is 6.54 Å². The minimum absolute atomic E-state index is 0.207. The molecule has 0 unspecified atom stereocenters. The fourth-order valence-electron chi connectivity index (χ4n) is 3.45. The third-order valence-corrected chi connectivity index (χ3v) is 5.04. The van der Waals surface area contributed by atoms with Crippen LogP contribution in [0, 0.1) is 6.92 Å². The summed E-state index contributed by atoms with van der Waals surface area (Å²) in [5, 5.41) is 0. The van der Waals surface area contributed by atoms with Crippen LogP contribution in [0.1, 0.15) is 35.7 Å². The molecule has 0 atom stereocenters. The molecular weight excluding hydrogens is 340 g/mol. The maximum atomic E-state index is 12.8. The van der Waals surface area contributed by atoms with Gasteiger partial charge in [-0.25, -0.2) is 9.97 Å². The molecule has 2 aromatic heterocycles. The summed E-state index contributed by atoms with van der Waals surface area (Å²) in [6, 6.07) is 9.64. The van der Waals surface area contributed by atoms with E-state index in [2.05, 4.69) is 26.7 Å². The number of aromatic amines is 1. The molecule has 0 saturated heterocycles. The molecule has 0 bridgehead atoms. The number of aromatic nitrogens is 4. The van der Waals surface area contributed by atoms with Crippen LogP contribution in [-0.2, 0) is 6.54 Å². The van der Waals surface area contributed by atoms with Crippen molar-refractivity contribution in [1.82, 2.24) is 19.9 Å². The first-order chi connectivity index (χ1) is 13.1. The summed E-state index contributed by atoms with van der Waals surface area (Å²) in [5.74, 6) is 2.29. The Kier molecular flexibility index (Phi) is 3.43. The molecule has 27 heavy (non-hydrogen) atoms. The molecule has 7 nitrogen and oxygen atoms in total. The number of anilines is 1. The zero-order chi connectivity index (χ0) is 18.5. The summed E-state index contributed by atoms with van der Waals surface area (Å²) in [6.45, 7) is 6.19. The molecule has 2 amide bonds. The third kappa shape index (κ3) is 2.63. The van der Waals surface area contributed by atoms with Gasteiger partial charge in [0.25, 0.3) is 5.82 Å². The summed E-state index contributed by atoms with van der Waals surface area (Å²) in [7, 11) is 0. The van der Waals surface area contributed by atoms with Crippen LogP contribution >= 0.6 is 0 Å². The Morgan fingerprint density at radius 1 is 1.26 bits per heavy atom. The summed E-state index contributed by atoms with van der Waals surface area (Å²) in [4.78, 5) is 31.4. The quantitative estimate of drug-likeness (QED) is 0.723. The normalized spacial score (nSPS) is 16.1. The number of aryl methyl sites for hydroxylation is 1. The molecule has 5 rings (SSSR count). The molecule has 2 aliphatic rings. The van der Waals surface area contributed by atoms with E-state index in [4.69, 9.17) is 0 Å². The number of urea groups is 1. The van der Waals surface area contributed by atoms with Crippen molar-refractivity contribution in [1.29, 1.82) is 0 Å². The fraction of sp³-hybridized carbons (Fsp3) is 0.250. The zero-order valence-electron chi connectivity index (χ0n) is 15.0. The lowest BCUT2D eigenvalue weighted by molar-refractivity contribution is -0.312. The van der Waals surface area contributed by atoms with Gasteiger partial charge < -0.3 is 4.98 Å². The highest BCUT2D eigenvalue weighted by molar-refractivity contribution is 5.96. The summed E-state index contributed by atoms with van der Waals surface area (Å²) < 4.78 is 1.37. The van der Waals surface area contributed by atoms with E-state index < -0.39 is 0 Å². The number of hydrogen-bond acceptors (Lipinski definition) is 4. The zero-order valence-corrected chi connectivity index (χ0v) is 15.0. The summed E-state index contributed by atoms with van der Waals surface area (Å²) in [5.41, 5.74) is 3.51. The van der Waals surface area contributed by atoms with Crippen molar-refractivity contribution in [2.24, 2.45) is 0 Å². The van der Waals surface area contributed by atoms with E-state index in [1.807, 2.05) is 43.5 Å². The van der Waals surface area contributed by atoms with Gasteiger partial charge in [-0.15, -0.1) is 0 Å². The number of imidazole rings is 1. The van der Waals surface area contributed by atoms with Crippen LogP contribution in [0.15, 0.2) is 36.5 Å². The Balaban J connectivity index is 1.57. The molecule has 1 fully saturated rings. The van der Waals surface area contributed by atoms with Gasteiger partial charge in [0.15, 0.2) is 11.6 Å². The maximum absolute atomic E-state index is 12.8. The number of nitrogens with one attached hydrogen (secondary N) is 1. The van der Waals surface area contributed by atoms with Gasteiger partial charge in [-0.2, -0.15) is 19.3 Å². The molecule has 0 spiro atoms. The number of nitrogens with zero attached hydrogens (tertiary/aromatic N) is 5. The van der Waals surface area contributed by atoms with E-state index >= 15 is 0 Å². The van der Waals surface area contributed by atoms with Crippen molar-refractivity contribution in [2.45, 2.75) is 32.2 Å². The van der Waals surface area contributed by atoms with Gasteiger partial charge in [0.05, 0.1) is 12.4 Å². The monoisotopic (exact) mass is 359 g/mol. The van der Waals surface area contributed by atoms with Crippen molar-refractivity contribution in [3.05, 3.63) is 53.5 Å². The molecule has 1 aliphatic carbocycles. The Bertz CT molecular complexity index is 1070. The van der Waals surface area contributed by atoms with Crippen LogP contribution in [-0.4, -0.2) is 37.3 Å². The van der Waals surface area contributed by atoms with Crippen molar-refractivity contribution >= 4 is 24.3 Å². The Morgan fingerprint density at radius 2 is 2.04 bits per heavy atom. The van der Waals surface area contributed by atoms with Gasteiger partial charge in [-0.3, -0.25) is 0 Å². The second kappa shape index (κ2) is 5.84. The van der Waals surface area contributed by atoms with E-state index in [-0.39, 0.29) is 6.03 Å². The number of rotatable bonds is 4. The minimum atomic E-state index is -0.207. The average molecular weight is 359 g/mol. The Hall–Kier alpha value is -3.35. The SMILES string of the molecule is C=[N+]1C(=O)N(Cc2ccccc2)c2nc(-c3ncc(C4CC4)[nH]3)nc(C)c21. The lowest BCUT2D eigenvalue weighted by Crippen LogP contribution is -2.29. The van der Waals surface area contributed by atoms with Crippen molar-refractivity contribution < 1.29 is 9.37 Å². The van der Waals surface area contributed by atoms with Crippen molar-refractivity contribution in [3.8, 4) is 11.6 Å². The van der Waals surface area contributed by atoms with E-state index in [9.17, 15) is 4.79 Å². The maximum Gasteiger partial charge on any atom is 0.504 e. The highest BCUT2D eigenvalue weighted by Gasteiger charge is 2.44. The summed E-state index contributed by atoms with van der Waals surface area (Å²) in [6.07, 6.45) is 4.25. The predicted molar refractivity (Wildman–Crippen MR) is 101 cm³/mol. The predicted octanol–water partition coefficient (Wildman–Crippen LogP) is 3.54. The lowest BCUT2D eigenvalue weighted by Gasteiger charge is -2.08. The Morgan fingerprint density at radius 3 is 2.78 bits per heavy atom. The van der Waals surface area contributed by atoms with Crippen LogP contribution < -0.4 is 4.90 Å². The average Bonchev–Trinajstić information content (AvgIpc) is 3.36. The number of benzene rings is 1. The molecular formula is C20H19N6O+. The topological polar surface area (TPSA) is 77.8 Å². The third-order valence-electron chi connectivity index (χ3n) is 5.04. The van der Waals surface area contributed by atoms with Crippen LogP contribution in [0.25, 0.3) is 11.6 Å². The molecule has 1 aromatic carbocycles. The molecule has 7 heteroatoms. The minimum Gasteiger partial charge on any atom is -0.339 e. The van der Waals surface area contributed by atoms with Crippen molar-refractivity contribution in [2.75, 3.05) is 4.90 Å². The number of fused-ring (bicyclic) bond motifs is 1. The highest BCUT2D eigenvalue weighted by Crippen LogP contribution is 2.40.